The molecule has 1 aromatic rings. The number of ether oxygens (including phenoxy) is 2. The molecule has 0 radical (unpaired) electrons. The van der Waals surface area contributed by atoms with Crippen LogP contribution in [0.15, 0.2) is 24.3 Å². The normalized spacial score (nSPS) is 11.8. The minimum absolute atomic E-state index is 0.0936. The van der Waals surface area contributed by atoms with Gasteiger partial charge in [-0.05, 0) is 18.6 Å². The molecule has 3 nitrogen and oxygen atoms in total. The number of benzene rings is 1. The van der Waals surface area contributed by atoms with Gasteiger partial charge in [0, 0.05) is 11.5 Å². The fourth-order valence-electron chi connectivity index (χ4n) is 1.64. The van der Waals surface area contributed by atoms with Crippen molar-refractivity contribution in [2.75, 3.05) is 13.7 Å². The molecule has 0 aliphatic heterocycles. The Hall–Kier alpha value is -1.55. The first-order valence-corrected chi connectivity index (χ1v) is 6.19. The van der Waals surface area contributed by atoms with Gasteiger partial charge in [0.25, 0.3) is 0 Å². The Morgan fingerprint density at radius 2 is 2.16 bits per heavy atom. The molecule has 1 atom stereocenters. The van der Waals surface area contributed by atoms with Crippen molar-refractivity contribution in [1.82, 2.24) is 0 Å². The van der Waals surface area contributed by atoms with Gasteiger partial charge in [-0.25, -0.2) is 9.18 Å². The van der Waals surface area contributed by atoms with Gasteiger partial charge in [-0.15, -0.1) is 0 Å². The number of hydrogen-bond donors (Lipinski definition) is 0. The van der Waals surface area contributed by atoms with Crippen LogP contribution in [0.4, 0.5) is 4.39 Å². The highest BCUT2D eigenvalue weighted by Crippen LogP contribution is 2.35. The average molecular weight is 287 g/mol. The number of carbonyl (C=O) groups excluding carboxylic acids is 1. The molecule has 0 bridgehead atoms. The predicted octanol–water partition coefficient (Wildman–Crippen LogP) is 3.71. The SMILES string of the molecule is C=C(C(=O)OC)C(C)c1ccc(OCC)c(Cl)c1F. The van der Waals surface area contributed by atoms with E-state index in [2.05, 4.69) is 11.3 Å². The van der Waals surface area contributed by atoms with Crippen molar-refractivity contribution >= 4 is 17.6 Å². The summed E-state index contributed by atoms with van der Waals surface area (Å²) < 4.78 is 23.9. The monoisotopic (exact) mass is 286 g/mol. The third-order valence-electron chi connectivity index (χ3n) is 2.81. The number of carbonyl (C=O) groups is 1. The largest absolute Gasteiger partial charge is 0.492 e. The quantitative estimate of drug-likeness (QED) is 0.611. The van der Waals surface area contributed by atoms with Crippen molar-refractivity contribution in [3.05, 3.63) is 40.7 Å². The zero-order chi connectivity index (χ0) is 14.6. The fourth-order valence-corrected chi connectivity index (χ4v) is 1.87. The molecule has 0 saturated carbocycles. The first kappa shape index (κ1) is 15.5. The summed E-state index contributed by atoms with van der Waals surface area (Å²) in [6, 6.07) is 3.11. The zero-order valence-corrected chi connectivity index (χ0v) is 11.9. The molecule has 0 aliphatic rings. The number of rotatable bonds is 5. The molecule has 19 heavy (non-hydrogen) atoms. The highest BCUT2D eigenvalue weighted by molar-refractivity contribution is 6.32. The fraction of sp³-hybridized carbons (Fsp3) is 0.357. The topological polar surface area (TPSA) is 35.5 Å². The van der Waals surface area contributed by atoms with Gasteiger partial charge < -0.3 is 9.47 Å². The van der Waals surface area contributed by atoms with Crippen molar-refractivity contribution in [1.29, 1.82) is 0 Å². The summed E-state index contributed by atoms with van der Waals surface area (Å²) in [4.78, 5) is 11.4. The van der Waals surface area contributed by atoms with Gasteiger partial charge in [0.2, 0.25) is 0 Å². The Morgan fingerprint density at radius 1 is 1.53 bits per heavy atom. The molecule has 5 heteroatoms. The molecule has 0 spiro atoms. The Labute approximate surface area is 117 Å². The van der Waals surface area contributed by atoms with Crippen LogP contribution in [0.25, 0.3) is 0 Å². The van der Waals surface area contributed by atoms with E-state index in [1.54, 1.807) is 19.9 Å². The molecule has 1 unspecified atom stereocenters. The number of methoxy groups -OCH3 is 1. The van der Waals surface area contributed by atoms with Gasteiger partial charge >= 0.3 is 5.97 Å². The molecule has 1 aromatic carbocycles. The summed E-state index contributed by atoms with van der Waals surface area (Å²) in [6.45, 7) is 7.45. The predicted molar refractivity (Wildman–Crippen MR) is 72.2 cm³/mol. The van der Waals surface area contributed by atoms with E-state index in [4.69, 9.17) is 16.3 Å². The second-order valence-corrected chi connectivity index (χ2v) is 4.33. The third kappa shape index (κ3) is 3.26. The van der Waals surface area contributed by atoms with E-state index in [0.717, 1.165) is 0 Å². The minimum atomic E-state index is -0.606. The molecule has 0 saturated heterocycles. The van der Waals surface area contributed by atoms with Crippen LogP contribution in [0.3, 0.4) is 0 Å². The molecule has 1 rings (SSSR count). The molecule has 0 N–H and O–H groups in total. The van der Waals surface area contributed by atoms with E-state index < -0.39 is 17.7 Å². The lowest BCUT2D eigenvalue weighted by Crippen LogP contribution is -2.11. The summed E-state index contributed by atoms with van der Waals surface area (Å²) in [5.74, 6) is -1.43. The van der Waals surface area contributed by atoms with E-state index >= 15 is 0 Å². The number of halogens is 2. The van der Waals surface area contributed by atoms with Gasteiger partial charge in [0.15, 0.2) is 0 Å². The molecule has 0 fully saturated rings. The van der Waals surface area contributed by atoms with Crippen molar-refractivity contribution in [2.24, 2.45) is 0 Å². The summed E-state index contributed by atoms with van der Waals surface area (Å²) in [7, 11) is 1.25. The first-order chi connectivity index (χ1) is 8.93. The van der Waals surface area contributed by atoms with E-state index in [9.17, 15) is 9.18 Å². The Bertz CT molecular complexity index is 500. The molecule has 0 aliphatic carbocycles. The van der Waals surface area contributed by atoms with Gasteiger partial charge in [-0.1, -0.05) is 31.2 Å². The first-order valence-electron chi connectivity index (χ1n) is 5.81. The van der Waals surface area contributed by atoms with Crippen LogP contribution in [-0.2, 0) is 9.53 Å². The van der Waals surface area contributed by atoms with Crippen LogP contribution in [0.1, 0.15) is 25.3 Å². The number of hydrogen-bond acceptors (Lipinski definition) is 3. The zero-order valence-electron chi connectivity index (χ0n) is 11.1. The maximum absolute atomic E-state index is 14.2. The molecular formula is C14H16ClFO3. The van der Waals surface area contributed by atoms with Crippen LogP contribution in [0.2, 0.25) is 5.02 Å². The Balaban J connectivity index is 3.12. The van der Waals surface area contributed by atoms with E-state index in [0.29, 0.717) is 6.61 Å². The van der Waals surface area contributed by atoms with Crippen LogP contribution >= 0.6 is 11.6 Å². The molecule has 104 valence electrons. The summed E-state index contributed by atoms with van der Waals surface area (Å²) >= 11 is 5.89. The van der Waals surface area contributed by atoms with Gasteiger partial charge in [0.1, 0.15) is 16.6 Å². The Kier molecular flexibility index (Phi) is 5.36. The highest BCUT2D eigenvalue weighted by Gasteiger charge is 2.22. The molecular weight excluding hydrogens is 271 g/mol. The van der Waals surface area contributed by atoms with Gasteiger partial charge in [-0.3, -0.25) is 0 Å². The second-order valence-electron chi connectivity index (χ2n) is 3.95. The van der Waals surface area contributed by atoms with Crippen LogP contribution in [0.5, 0.6) is 5.75 Å². The summed E-state index contributed by atoms with van der Waals surface area (Å²) in [6.07, 6.45) is 0. The standard InChI is InChI=1S/C14H16ClFO3/c1-5-19-11-7-6-10(13(16)12(11)15)8(2)9(3)14(17)18-4/h6-8H,3,5H2,1-2,4H3. The maximum atomic E-state index is 14.2. The van der Waals surface area contributed by atoms with Crippen LogP contribution in [0, 0.1) is 5.82 Å². The molecule has 0 heterocycles. The lowest BCUT2D eigenvalue weighted by molar-refractivity contribution is -0.136. The van der Waals surface area contributed by atoms with Crippen molar-refractivity contribution in [3.8, 4) is 5.75 Å². The average Bonchev–Trinajstić information content (AvgIpc) is 2.42. The van der Waals surface area contributed by atoms with E-state index in [1.807, 2.05) is 0 Å². The number of esters is 1. The van der Waals surface area contributed by atoms with E-state index in [-0.39, 0.29) is 21.9 Å². The maximum Gasteiger partial charge on any atom is 0.333 e. The third-order valence-corrected chi connectivity index (χ3v) is 3.17. The van der Waals surface area contributed by atoms with Crippen molar-refractivity contribution in [2.45, 2.75) is 19.8 Å². The van der Waals surface area contributed by atoms with Crippen LogP contribution in [-0.4, -0.2) is 19.7 Å². The van der Waals surface area contributed by atoms with Crippen molar-refractivity contribution < 1.29 is 18.7 Å². The highest BCUT2D eigenvalue weighted by atomic mass is 35.5. The van der Waals surface area contributed by atoms with E-state index in [1.165, 1.54) is 13.2 Å². The van der Waals surface area contributed by atoms with Gasteiger partial charge in [0.05, 0.1) is 13.7 Å². The summed E-state index contributed by atoms with van der Waals surface area (Å²) in [5, 5.41) is -0.0936. The minimum Gasteiger partial charge on any atom is -0.492 e. The lowest BCUT2D eigenvalue weighted by Gasteiger charge is -2.16. The van der Waals surface area contributed by atoms with Crippen molar-refractivity contribution in [3.63, 3.8) is 0 Å². The van der Waals surface area contributed by atoms with Gasteiger partial charge in [-0.2, -0.15) is 0 Å². The van der Waals surface area contributed by atoms with Crippen LogP contribution < -0.4 is 4.74 Å². The lowest BCUT2D eigenvalue weighted by atomic mass is 9.93. The smallest absolute Gasteiger partial charge is 0.333 e. The molecule has 0 amide bonds. The molecule has 0 aromatic heterocycles. The second kappa shape index (κ2) is 6.57. The Morgan fingerprint density at radius 3 is 2.68 bits per heavy atom. The summed E-state index contributed by atoms with van der Waals surface area (Å²) in [5.41, 5.74) is 0.450.